The fourth-order valence-electron chi connectivity index (χ4n) is 2.78. The van der Waals surface area contributed by atoms with E-state index in [0.29, 0.717) is 19.3 Å². The Morgan fingerprint density at radius 2 is 1.90 bits per heavy atom. The van der Waals surface area contributed by atoms with Crippen LogP contribution in [0.4, 0.5) is 0 Å². The highest BCUT2D eigenvalue weighted by Crippen LogP contribution is 2.28. The predicted molar refractivity (Wildman–Crippen MR) is 81.1 cm³/mol. The molecular formula is C17H23NO3. The Hall–Kier alpha value is -1.84. The van der Waals surface area contributed by atoms with E-state index in [9.17, 15) is 9.59 Å². The first kappa shape index (κ1) is 15.5. The van der Waals surface area contributed by atoms with Gasteiger partial charge in [-0.05, 0) is 37.7 Å². The Labute approximate surface area is 125 Å². The molecule has 1 aliphatic rings. The molecule has 1 fully saturated rings. The minimum absolute atomic E-state index is 0.0243. The fourth-order valence-corrected chi connectivity index (χ4v) is 2.78. The van der Waals surface area contributed by atoms with E-state index in [1.54, 1.807) is 0 Å². The minimum atomic E-state index is -0.758. The molecule has 0 saturated heterocycles. The smallest absolute Gasteiger partial charge is 0.306 e. The number of rotatable bonds is 6. The van der Waals surface area contributed by atoms with Gasteiger partial charge in [0, 0.05) is 12.5 Å². The van der Waals surface area contributed by atoms with E-state index in [1.165, 1.54) is 11.1 Å². The molecule has 0 bridgehead atoms. The number of benzene rings is 1. The number of aryl methyl sites for hydroxylation is 1. The molecule has 2 N–H and O–H groups in total. The summed E-state index contributed by atoms with van der Waals surface area (Å²) in [6, 6.07) is 8.34. The van der Waals surface area contributed by atoms with E-state index in [1.807, 2.05) is 6.92 Å². The van der Waals surface area contributed by atoms with Gasteiger partial charge in [0.25, 0.3) is 0 Å². The van der Waals surface area contributed by atoms with Crippen molar-refractivity contribution in [2.24, 2.45) is 5.92 Å². The van der Waals surface area contributed by atoms with Crippen molar-refractivity contribution in [2.75, 3.05) is 0 Å². The van der Waals surface area contributed by atoms with Gasteiger partial charge in [-0.15, -0.1) is 0 Å². The summed E-state index contributed by atoms with van der Waals surface area (Å²) in [6.07, 6.45) is 2.50. The molecule has 0 aromatic heterocycles. The van der Waals surface area contributed by atoms with Crippen molar-refractivity contribution in [3.63, 3.8) is 0 Å². The first-order valence-electron chi connectivity index (χ1n) is 7.58. The van der Waals surface area contributed by atoms with Gasteiger partial charge in [0.2, 0.25) is 5.91 Å². The summed E-state index contributed by atoms with van der Waals surface area (Å²) in [5, 5.41) is 11.8. The largest absolute Gasteiger partial charge is 0.481 e. The van der Waals surface area contributed by atoms with Crippen molar-refractivity contribution in [2.45, 2.75) is 51.5 Å². The third kappa shape index (κ3) is 4.06. The molecule has 1 aromatic carbocycles. The van der Waals surface area contributed by atoms with Crippen molar-refractivity contribution in [3.05, 3.63) is 35.4 Å². The highest BCUT2D eigenvalue weighted by Gasteiger charge is 2.35. The Balaban J connectivity index is 1.83. The monoisotopic (exact) mass is 289 g/mol. The van der Waals surface area contributed by atoms with Crippen LogP contribution in [0.5, 0.6) is 0 Å². The van der Waals surface area contributed by atoms with Crippen LogP contribution in [0.2, 0.25) is 0 Å². The number of hydrogen-bond acceptors (Lipinski definition) is 2. The number of carbonyl (C=O) groups excluding carboxylic acids is 1. The lowest BCUT2D eigenvalue weighted by Crippen LogP contribution is -2.46. The number of carboxylic acids is 1. The molecule has 0 aliphatic heterocycles. The summed E-state index contributed by atoms with van der Waals surface area (Å²) < 4.78 is 0. The van der Waals surface area contributed by atoms with Crippen molar-refractivity contribution in [1.82, 2.24) is 5.32 Å². The Morgan fingerprint density at radius 1 is 1.29 bits per heavy atom. The summed E-state index contributed by atoms with van der Waals surface area (Å²) in [5.41, 5.74) is 2.41. The highest BCUT2D eigenvalue weighted by atomic mass is 16.4. The topological polar surface area (TPSA) is 66.4 Å². The maximum atomic E-state index is 12.1. The first-order chi connectivity index (χ1) is 9.99. The molecule has 1 aromatic rings. The normalized spacial score (nSPS) is 22.2. The average Bonchev–Trinajstić information content (AvgIpc) is 2.40. The van der Waals surface area contributed by atoms with Gasteiger partial charge in [0.15, 0.2) is 0 Å². The molecule has 114 valence electrons. The van der Waals surface area contributed by atoms with Gasteiger partial charge >= 0.3 is 5.97 Å². The van der Waals surface area contributed by atoms with Gasteiger partial charge in [-0.1, -0.05) is 36.8 Å². The van der Waals surface area contributed by atoms with E-state index in [-0.39, 0.29) is 23.8 Å². The molecule has 0 radical (unpaired) electrons. The van der Waals surface area contributed by atoms with Crippen LogP contribution >= 0.6 is 0 Å². The maximum absolute atomic E-state index is 12.1. The molecule has 1 saturated carbocycles. The van der Waals surface area contributed by atoms with Crippen molar-refractivity contribution >= 4 is 11.9 Å². The summed E-state index contributed by atoms with van der Waals surface area (Å²) >= 11 is 0. The number of carboxylic acid groups (broad SMARTS) is 1. The fraction of sp³-hybridized carbons (Fsp3) is 0.529. The third-order valence-electron chi connectivity index (χ3n) is 4.33. The van der Waals surface area contributed by atoms with Gasteiger partial charge < -0.3 is 10.4 Å². The summed E-state index contributed by atoms with van der Waals surface area (Å²) in [7, 11) is 0. The lowest BCUT2D eigenvalue weighted by molar-refractivity contribution is -0.146. The number of aliphatic carboxylic acids is 1. The van der Waals surface area contributed by atoms with Crippen molar-refractivity contribution in [1.29, 1.82) is 0 Å². The zero-order valence-corrected chi connectivity index (χ0v) is 12.6. The van der Waals surface area contributed by atoms with Crippen LogP contribution in [-0.4, -0.2) is 23.0 Å². The molecule has 4 heteroatoms. The molecule has 1 amide bonds. The van der Waals surface area contributed by atoms with E-state index in [4.69, 9.17) is 5.11 Å². The molecule has 0 heterocycles. The molecule has 1 unspecified atom stereocenters. The Kier molecular flexibility index (Phi) is 4.99. The Bertz CT molecular complexity index is 503. The van der Waals surface area contributed by atoms with Gasteiger partial charge in [-0.25, -0.2) is 0 Å². The van der Waals surface area contributed by atoms with Crippen molar-refractivity contribution in [3.8, 4) is 0 Å². The van der Waals surface area contributed by atoms with Crippen LogP contribution in [0, 0.1) is 12.8 Å². The zero-order chi connectivity index (χ0) is 15.4. The number of amides is 1. The van der Waals surface area contributed by atoms with E-state index < -0.39 is 5.97 Å². The third-order valence-corrected chi connectivity index (χ3v) is 4.33. The summed E-state index contributed by atoms with van der Waals surface area (Å²) in [6.45, 7) is 4.13. The van der Waals surface area contributed by atoms with Crippen molar-refractivity contribution < 1.29 is 14.7 Å². The van der Waals surface area contributed by atoms with Crippen LogP contribution < -0.4 is 5.32 Å². The molecule has 2 rings (SSSR count). The summed E-state index contributed by atoms with van der Waals surface area (Å²) in [4.78, 5) is 22.8. The van der Waals surface area contributed by atoms with Crippen LogP contribution in [0.1, 0.15) is 49.7 Å². The summed E-state index contributed by atoms with van der Waals surface area (Å²) in [5.74, 6) is -0.793. The molecule has 1 atom stereocenters. The number of nitrogens with one attached hydrogen (secondary N) is 1. The highest BCUT2D eigenvalue weighted by molar-refractivity contribution is 5.78. The van der Waals surface area contributed by atoms with Crippen LogP contribution in [0.3, 0.4) is 0 Å². The lowest BCUT2D eigenvalue weighted by Gasteiger charge is -2.33. The van der Waals surface area contributed by atoms with Crippen LogP contribution in [-0.2, 0) is 9.59 Å². The van der Waals surface area contributed by atoms with E-state index >= 15 is 0 Å². The predicted octanol–water partition coefficient (Wildman–Crippen LogP) is 2.86. The second-order valence-corrected chi connectivity index (χ2v) is 5.99. The van der Waals surface area contributed by atoms with Gasteiger partial charge in [-0.3, -0.25) is 9.59 Å². The second-order valence-electron chi connectivity index (χ2n) is 5.99. The van der Waals surface area contributed by atoms with Gasteiger partial charge in [0.05, 0.1) is 5.92 Å². The molecule has 0 spiro atoms. The number of hydrogen-bond donors (Lipinski definition) is 2. The maximum Gasteiger partial charge on any atom is 0.306 e. The van der Waals surface area contributed by atoms with Crippen LogP contribution in [0.25, 0.3) is 0 Å². The molecular weight excluding hydrogens is 266 g/mol. The Morgan fingerprint density at radius 3 is 2.43 bits per heavy atom. The zero-order valence-electron chi connectivity index (χ0n) is 12.6. The van der Waals surface area contributed by atoms with Gasteiger partial charge in [0.1, 0.15) is 0 Å². The SMILES string of the molecule is CCC(CC(=O)NC1CC(C(=O)O)C1)c1ccc(C)cc1. The quantitative estimate of drug-likeness (QED) is 0.846. The lowest BCUT2D eigenvalue weighted by atomic mass is 9.80. The average molecular weight is 289 g/mol. The van der Waals surface area contributed by atoms with E-state index in [0.717, 1.165) is 6.42 Å². The van der Waals surface area contributed by atoms with Gasteiger partial charge in [-0.2, -0.15) is 0 Å². The standard InChI is InChI=1S/C17H23NO3/c1-3-12(13-6-4-11(2)5-7-13)10-16(19)18-15-8-14(9-15)17(20)21/h4-7,12,14-15H,3,8-10H2,1-2H3,(H,18,19)(H,20,21). The second kappa shape index (κ2) is 6.74. The first-order valence-corrected chi connectivity index (χ1v) is 7.58. The number of carbonyl (C=O) groups is 2. The van der Waals surface area contributed by atoms with Crippen LogP contribution in [0.15, 0.2) is 24.3 Å². The van der Waals surface area contributed by atoms with E-state index in [2.05, 4.69) is 36.5 Å². The minimum Gasteiger partial charge on any atom is -0.481 e. The molecule has 21 heavy (non-hydrogen) atoms. The molecule has 1 aliphatic carbocycles. The molecule has 4 nitrogen and oxygen atoms in total.